The zero-order chi connectivity index (χ0) is 20.6. The van der Waals surface area contributed by atoms with Crippen LogP contribution in [0.1, 0.15) is 35.3 Å². The number of nitrogens with one attached hydrogen (secondary N) is 1. The summed E-state index contributed by atoms with van der Waals surface area (Å²) in [5.41, 5.74) is 3.55. The molecule has 0 bridgehead atoms. The topological polar surface area (TPSA) is 79.4 Å². The van der Waals surface area contributed by atoms with Crippen LogP contribution in [0.5, 0.6) is 0 Å². The quantitative estimate of drug-likeness (QED) is 0.675. The number of hydrogen-bond donors (Lipinski definition) is 1. The van der Waals surface area contributed by atoms with Gasteiger partial charge < -0.3 is 0 Å². The van der Waals surface area contributed by atoms with Crippen molar-refractivity contribution in [1.29, 1.82) is 0 Å². The van der Waals surface area contributed by atoms with Gasteiger partial charge in [0, 0.05) is 18.7 Å². The molecule has 2 aromatic carbocycles. The van der Waals surface area contributed by atoms with Crippen LogP contribution in [0, 0.1) is 13.8 Å². The second-order valence-electron chi connectivity index (χ2n) is 7.02. The summed E-state index contributed by atoms with van der Waals surface area (Å²) in [6, 6.07) is 9.84. The van der Waals surface area contributed by atoms with E-state index in [1.54, 1.807) is 13.8 Å². The Morgan fingerprint density at radius 1 is 1.11 bits per heavy atom. The van der Waals surface area contributed by atoms with Crippen LogP contribution in [0.3, 0.4) is 0 Å². The number of carbonyl (C=O) groups is 1. The number of rotatable bonds is 5. The van der Waals surface area contributed by atoms with E-state index in [4.69, 9.17) is 0 Å². The second-order valence-corrected chi connectivity index (χ2v) is 10.0. The minimum absolute atomic E-state index is 0.153. The Morgan fingerprint density at radius 3 is 2.32 bits per heavy atom. The number of benzene rings is 2. The Kier molecular flexibility index (Phi) is 5.56. The molecule has 0 spiro atoms. The third-order valence-electron chi connectivity index (χ3n) is 4.75. The standard InChI is InChI=1S/C20H23N3O3S2/c1-12(2)23(5)28(25,26)16-8-6-15(7-9-16)19(24)22-20-21-17-10-13(3)14(4)11-18(17)27-20/h6-12H,1-5H3,(H,21,22,24). The average molecular weight is 418 g/mol. The van der Waals surface area contributed by atoms with E-state index in [9.17, 15) is 13.2 Å². The third-order valence-corrected chi connectivity index (χ3v) is 7.73. The number of amides is 1. The molecule has 8 heteroatoms. The van der Waals surface area contributed by atoms with Gasteiger partial charge in [0.05, 0.1) is 15.1 Å². The van der Waals surface area contributed by atoms with Crippen LogP contribution in [-0.2, 0) is 10.0 Å². The molecule has 1 heterocycles. The monoisotopic (exact) mass is 417 g/mol. The zero-order valence-corrected chi connectivity index (χ0v) is 18.1. The Balaban J connectivity index is 1.80. The number of aryl methyl sites for hydroxylation is 2. The third kappa shape index (κ3) is 3.94. The molecule has 0 saturated heterocycles. The molecule has 0 saturated carbocycles. The van der Waals surface area contributed by atoms with E-state index >= 15 is 0 Å². The van der Waals surface area contributed by atoms with Crippen LogP contribution < -0.4 is 5.32 Å². The van der Waals surface area contributed by atoms with Gasteiger partial charge in [0.25, 0.3) is 5.91 Å². The second kappa shape index (κ2) is 7.62. The number of aromatic nitrogens is 1. The van der Waals surface area contributed by atoms with Crippen LogP contribution in [0.4, 0.5) is 5.13 Å². The molecule has 28 heavy (non-hydrogen) atoms. The van der Waals surface area contributed by atoms with Crippen LogP contribution in [-0.4, -0.2) is 36.7 Å². The summed E-state index contributed by atoms with van der Waals surface area (Å²) in [5.74, 6) is -0.325. The van der Waals surface area contributed by atoms with Crippen LogP contribution in [0.25, 0.3) is 10.2 Å². The highest BCUT2D eigenvalue weighted by Gasteiger charge is 2.23. The maximum Gasteiger partial charge on any atom is 0.257 e. The summed E-state index contributed by atoms with van der Waals surface area (Å²) < 4.78 is 27.3. The maximum atomic E-state index is 12.5. The molecule has 0 aliphatic rings. The molecular formula is C20H23N3O3S2. The highest BCUT2D eigenvalue weighted by atomic mass is 32.2. The SMILES string of the molecule is Cc1cc2nc(NC(=O)c3ccc(S(=O)(=O)N(C)C(C)C)cc3)sc2cc1C. The molecule has 0 unspecified atom stereocenters. The van der Waals surface area contributed by atoms with Crippen molar-refractivity contribution in [1.82, 2.24) is 9.29 Å². The normalized spacial score (nSPS) is 12.1. The van der Waals surface area contributed by atoms with Gasteiger partial charge in [0.15, 0.2) is 5.13 Å². The van der Waals surface area contributed by atoms with Crippen molar-refractivity contribution in [3.05, 3.63) is 53.1 Å². The first kappa shape index (κ1) is 20.4. The number of fused-ring (bicyclic) bond motifs is 1. The first-order chi connectivity index (χ1) is 13.1. The van der Waals surface area contributed by atoms with Crippen molar-refractivity contribution in [3.63, 3.8) is 0 Å². The van der Waals surface area contributed by atoms with E-state index in [1.165, 1.54) is 52.5 Å². The molecule has 148 valence electrons. The van der Waals surface area contributed by atoms with Gasteiger partial charge in [-0.15, -0.1) is 0 Å². The summed E-state index contributed by atoms with van der Waals surface area (Å²) in [4.78, 5) is 17.1. The lowest BCUT2D eigenvalue weighted by atomic mass is 10.1. The Bertz CT molecular complexity index is 1090. The summed E-state index contributed by atoms with van der Waals surface area (Å²) in [6.07, 6.45) is 0. The molecule has 0 radical (unpaired) electrons. The molecule has 1 N–H and O–H groups in total. The molecule has 0 aliphatic heterocycles. The molecular weight excluding hydrogens is 394 g/mol. The van der Waals surface area contributed by atoms with Gasteiger partial charge in [0.2, 0.25) is 10.0 Å². The molecule has 0 fully saturated rings. The predicted molar refractivity (Wildman–Crippen MR) is 114 cm³/mol. The summed E-state index contributed by atoms with van der Waals surface area (Å²) in [6.45, 7) is 7.68. The molecule has 0 aliphatic carbocycles. The van der Waals surface area contributed by atoms with Crippen molar-refractivity contribution in [2.45, 2.75) is 38.6 Å². The maximum absolute atomic E-state index is 12.5. The number of hydrogen-bond acceptors (Lipinski definition) is 5. The highest BCUT2D eigenvalue weighted by Crippen LogP contribution is 2.28. The van der Waals surface area contributed by atoms with Crippen molar-refractivity contribution in [3.8, 4) is 0 Å². The van der Waals surface area contributed by atoms with Crippen molar-refractivity contribution < 1.29 is 13.2 Å². The average Bonchev–Trinajstić information content (AvgIpc) is 3.02. The van der Waals surface area contributed by atoms with Gasteiger partial charge >= 0.3 is 0 Å². The van der Waals surface area contributed by atoms with Crippen LogP contribution in [0.2, 0.25) is 0 Å². The molecule has 0 atom stereocenters. The summed E-state index contributed by atoms with van der Waals surface area (Å²) in [7, 11) is -2.03. The Hall–Kier alpha value is -2.29. The van der Waals surface area contributed by atoms with E-state index in [0.29, 0.717) is 10.7 Å². The van der Waals surface area contributed by atoms with Gasteiger partial charge in [-0.3, -0.25) is 10.1 Å². The van der Waals surface area contributed by atoms with Gasteiger partial charge in [-0.1, -0.05) is 11.3 Å². The smallest absolute Gasteiger partial charge is 0.257 e. The predicted octanol–water partition coefficient (Wildman–Crippen LogP) is 4.19. The fourth-order valence-corrected chi connectivity index (χ4v) is 4.93. The van der Waals surface area contributed by atoms with E-state index in [-0.39, 0.29) is 16.8 Å². The summed E-state index contributed by atoms with van der Waals surface area (Å²) >= 11 is 1.41. The fourth-order valence-electron chi connectivity index (χ4n) is 2.62. The first-order valence-electron chi connectivity index (χ1n) is 8.87. The number of nitrogens with zero attached hydrogens (tertiary/aromatic N) is 2. The number of thiazole rings is 1. The van der Waals surface area contributed by atoms with E-state index in [1.807, 2.05) is 19.9 Å². The van der Waals surface area contributed by atoms with Crippen LogP contribution in [0.15, 0.2) is 41.3 Å². The lowest BCUT2D eigenvalue weighted by molar-refractivity contribution is 0.102. The first-order valence-corrected chi connectivity index (χ1v) is 11.1. The Labute approximate surface area is 169 Å². The van der Waals surface area contributed by atoms with Crippen molar-refractivity contribution in [2.75, 3.05) is 12.4 Å². The molecule has 6 nitrogen and oxygen atoms in total. The fraction of sp³-hybridized carbons (Fsp3) is 0.300. The minimum Gasteiger partial charge on any atom is -0.298 e. The lowest BCUT2D eigenvalue weighted by Gasteiger charge is -2.20. The van der Waals surface area contributed by atoms with Gasteiger partial charge in [-0.2, -0.15) is 4.31 Å². The van der Waals surface area contributed by atoms with Gasteiger partial charge in [-0.05, 0) is 75.2 Å². The van der Waals surface area contributed by atoms with Crippen LogP contribution >= 0.6 is 11.3 Å². The highest BCUT2D eigenvalue weighted by molar-refractivity contribution is 7.89. The summed E-state index contributed by atoms with van der Waals surface area (Å²) in [5, 5.41) is 3.31. The number of carbonyl (C=O) groups excluding carboxylic acids is 1. The molecule has 1 amide bonds. The molecule has 1 aromatic heterocycles. The number of anilines is 1. The minimum atomic E-state index is -3.57. The van der Waals surface area contributed by atoms with Crippen molar-refractivity contribution >= 4 is 42.6 Å². The van der Waals surface area contributed by atoms with E-state index in [2.05, 4.69) is 16.4 Å². The lowest BCUT2D eigenvalue weighted by Crippen LogP contribution is -2.33. The molecule has 3 aromatic rings. The van der Waals surface area contributed by atoms with Gasteiger partial charge in [0.1, 0.15) is 0 Å². The van der Waals surface area contributed by atoms with Crippen molar-refractivity contribution in [2.24, 2.45) is 0 Å². The largest absolute Gasteiger partial charge is 0.298 e. The van der Waals surface area contributed by atoms with E-state index in [0.717, 1.165) is 15.8 Å². The Morgan fingerprint density at radius 2 is 1.71 bits per heavy atom. The molecule has 3 rings (SSSR count). The van der Waals surface area contributed by atoms with E-state index < -0.39 is 10.0 Å². The number of sulfonamides is 1. The van der Waals surface area contributed by atoms with Gasteiger partial charge in [-0.25, -0.2) is 13.4 Å². The zero-order valence-electron chi connectivity index (χ0n) is 16.5.